The van der Waals surface area contributed by atoms with Crippen LogP contribution < -0.4 is 0 Å². The van der Waals surface area contributed by atoms with Gasteiger partial charge in [0.2, 0.25) is 0 Å². The van der Waals surface area contributed by atoms with Crippen LogP contribution in [0, 0.1) is 3.57 Å². The molecule has 0 aliphatic heterocycles. The molecule has 5 nitrogen and oxygen atoms in total. The molecule has 30 heavy (non-hydrogen) atoms. The summed E-state index contributed by atoms with van der Waals surface area (Å²) in [6.45, 7) is 7.79. The van der Waals surface area contributed by atoms with E-state index in [4.69, 9.17) is 14.5 Å². The van der Waals surface area contributed by atoms with Crippen molar-refractivity contribution < 1.29 is 14.3 Å². The predicted molar refractivity (Wildman–Crippen MR) is 130 cm³/mol. The lowest BCUT2D eigenvalue weighted by Gasteiger charge is -2.11. The highest BCUT2D eigenvalue weighted by Gasteiger charge is 2.15. The number of halogens is 1. The quantitative estimate of drug-likeness (QED) is 0.139. The number of esters is 1. The molecule has 0 bridgehead atoms. The van der Waals surface area contributed by atoms with Crippen molar-refractivity contribution in [2.24, 2.45) is 0 Å². The number of aromatic nitrogens is 2. The Hall–Kier alpha value is -1.58. The van der Waals surface area contributed by atoms with Gasteiger partial charge in [-0.15, -0.1) is 0 Å². The average Bonchev–Trinajstić information content (AvgIpc) is 3.07. The first-order valence-corrected chi connectivity index (χ1v) is 12.2. The molecule has 0 amide bonds. The number of benzene rings is 2. The number of hydrogen-bond acceptors (Lipinski definition) is 5. The summed E-state index contributed by atoms with van der Waals surface area (Å²) in [4.78, 5) is 17.0. The molecule has 0 unspecified atom stereocenters. The summed E-state index contributed by atoms with van der Waals surface area (Å²) in [6.07, 6.45) is 1.13. The fourth-order valence-electron chi connectivity index (χ4n) is 3.07. The maximum atomic E-state index is 12.1. The topological polar surface area (TPSA) is 53.3 Å². The van der Waals surface area contributed by atoms with Gasteiger partial charge in [-0.25, -0.2) is 9.78 Å². The van der Waals surface area contributed by atoms with Crippen LogP contribution in [-0.2, 0) is 21.8 Å². The van der Waals surface area contributed by atoms with Gasteiger partial charge in [-0.05, 0) is 79.6 Å². The van der Waals surface area contributed by atoms with E-state index in [-0.39, 0.29) is 12.1 Å². The predicted octanol–water partition coefficient (Wildman–Crippen LogP) is 5.93. The highest BCUT2D eigenvalue weighted by Crippen LogP contribution is 2.29. The number of rotatable bonds is 10. The van der Waals surface area contributed by atoms with Crippen LogP contribution in [0.3, 0.4) is 0 Å². The standard InChI is InChI=1S/C23H27IN2O3S/c1-4-28-22(27)17-10-11-21-20(14-17)25-23(26(21)12-7-13-29-16(2)3)30-15-18-8-5-6-9-19(18)24/h5-6,8-11,14,16H,4,7,12-13,15H2,1-3H3. The molecule has 0 saturated carbocycles. The number of imidazole rings is 1. The Kier molecular flexibility index (Phi) is 8.59. The third kappa shape index (κ3) is 5.98. The zero-order chi connectivity index (χ0) is 21.5. The van der Waals surface area contributed by atoms with Crippen LogP contribution in [0.15, 0.2) is 47.6 Å². The second-order valence-corrected chi connectivity index (χ2v) is 9.23. The van der Waals surface area contributed by atoms with Gasteiger partial charge < -0.3 is 14.0 Å². The van der Waals surface area contributed by atoms with Crippen LogP contribution in [0.4, 0.5) is 0 Å². The second kappa shape index (κ2) is 11.2. The maximum absolute atomic E-state index is 12.1. The second-order valence-electron chi connectivity index (χ2n) is 7.12. The molecule has 0 aliphatic carbocycles. The zero-order valence-electron chi connectivity index (χ0n) is 17.6. The van der Waals surface area contributed by atoms with Crippen LogP contribution in [0.2, 0.25) is 0 Å². The van der Waals surface area contributed by atoms with Crippen molar-refractivity contribution in [2.75, 3.05) is 13.2 Å². The number of fused-ring (bicyclic) bond motifs is 1. The molecule has 0 N–H and O–H groups in total. The van der Waals surface area contributed by atoms with Gasteiger partial charge in [-0.1, -0.05) is 30.0 Å². The molecule has 3 rings (SSSR count). The smallest absolute Gasteiger partial charge is 0.338 e. The minimum Gasteiger partial charge on any atom is -0.462 e. The van der Waals surface area contributed by atoms with E-state index in [0.717, 1.165) is 34.9 Å². The lowest BCUT2D eigenvalue weighted by atomic mass is 10.2. The van der Waals surface area contributed by atoms with Gasteiger partial charge in [-0.3, -0.25) is 0 Å². The summed E-state index contributed by atoms with van der Waals surface area (Å²) in [6, 6.07) is 14.0. The van der Waals surface area contributed by atoms with Gasteiger partial charge in [0, 0.05) is 22.5 Å². The van der Waals surface area contributed by atoms with E-state index < -0.39 is 0 Å². The Bertz CT molecular complexity index is 1000. The molecule has 7 heteroatoms. The van der Waals surface area contributed by atoms with Crippen molar-refractivity contribution in [3.63, 3.8) is 0 Å². The van der Waals surface area contributed by atoms with E-state index in [2.05, 4.69) is 51.4 Å². The first-order valence-electron chi connectivity index (χ1n) is 10.1. The highest BCUT2D eigenvalue weighted by atomic mass is 127. The van der Waals surface area contributed by atoms with E-state index in [1.54, 1.807) is 11.8 Å². The van der Waals surface area contributed by atoms with Crippen molar-refractivity contribution in [3.8, 4) is 0 Å². The summed E-state index contributed by atoms with van der Waals surface area (Å²) in [7, 11) is 0. The molecule has 2 aromatic carbocycles. The molecular weight excluding hydrogens is 511 g/mol. The van der Waals surface area contributed by atoms with E-state index >= 15 is 0 Å². The Labute approximate surface area is 195 Å². The SMILES string of the molecule is CCOC(=O)c1ccc2c(c1)nc(SCc1ccccc1I)n2CCCOC(C)C. The van der Waals surface area contributed by atoms with Crippen molar-refractivity contribution >= 4 is 51.4 Å². The minimum atomic E-state index is -0.313. The van der Waals surface area contributed by atoms with Crippen LogP contribution in [0.25, 0.3) is 11.0 Å². The first-order chi connectivity index (χ1) is 14.5. The van der Waals surface area contributed by atoms with Gasteiger partial charge in [-0.2, -0.15) is 0 Å². The summed E-state index contributed by atoms with van der Waals surface area (Å²) < 4.78 is 14.3. The van der Waals surface area contributed by atoms with Crippen molar-refractivity contribution in [3.05, 3.63) is 57.2 Å². The third-order valence-electron chi connectivity index (χ3n) is 4.52. The number of thioether (sulfide) groups is 1. The Balaban J connectivity index is 1.86. The fourth-order valence-corrected chi connectivity index (χ4v) is 4.96. The van der Waals surface area contributed by atoms with Crippen molar-refractivity contribution in [1.29, 1.82) is 0 Å². The highest BCUT2D eigenvalue weighted by molar-refractivity contribution is 14.1. The van der Waals surface area contributed by atoms with Crippen molar-refractivity contribution in [1.82, 2.24) is 9.55 Å². The van der Waals surface area contributed by atoms with Crippen LogP contribution in [0.1, 0.15) is 43.1 Å². The summed E-state index contributed by atoms with van der Waals surface area (Å²) in [5, 5.41) is 0.954. The molecule has 160 valence electrons. The van der Waals surface area contributed by atoms with Gasteiger partial charge in [0.05, 0.1) is 29.3 Å². The van der Waals surface area contributed by atoms with E-state index in [1.807, 2.05) is 39.0 Å². The Morgan fingerprint density at radius 1 is 1.23 bits per heavy atom. The maximum Gasteiger partial charge on any atom is 0.338 e. The zero-order valence-corrected chi connectivity index (χ0v) is 20.5. The molecule has 0 aliphatic rings. The number of hydrogen-bond donors (Lipinski definition) is 0. The summed E-state index contributed by atoms with van der Waals surface area (Å²) in [5.74, 6) is 0.530. The number of carbonyl (C=O) groups excluding carboxylic acids is 1. The molecule has 0 saturated heterocycles. The molecule has 1 aromatic heterocycles. The molecule has 0 atom stereocenters. The molecule has 0 radical (unpaired) electrons. The Morgan fingerprint density at radius 3 is 2.77 bits per heavy atom. The average molecular weight is 538 g/mol. The van der Waals surface area contributed by atoms with Gasteiger partial charge in [0.15, 0.2) is 5.16 Å². The van der Waals surface area contributed by atoms with Crippen LogP contribution >= 0.6 is 34.4 Å². The lowest BCUT2D eigenvalue weighted by Crippen LogP contribution is -2.08. The minimum absolute atomic E-state index is 0.227. The van der Waals surface area contributed by atoms with Crippen LogP contribution in [0.5, 0.6) is 0 Å². The number of nitrogens with zero attached hydrogens (tertiary/aromatic N) is 2. The van der Waals surface area contributed by atoms with E-state index in [9.17, 15) is 4.79 Å². The molecule has 3 aromatic rings. The van der Waals surface area contributed by atoms with E-state index in [0.29, 0.717) is 18.8 Å². The molecule has 0 fully saturated rings. The van der Waals surface area contributed by atoms with Crippen molar-refractivity contribution in [2.45, 2.75) is 50.8 Å². The normalized spacial score (nSPS) is 11.4. The summed E-state index contributed by atoms with van der Waals surface area (Å²) >= 11 is 4.09. The number of aryl methyl sites for hydroxylation is 1. The summed E-state index contributed by atoms with van der Waals surface area (Å²) in [5.41, 5.74) is 3.66. The molecular formula is C23H27IN2O3S. The van der Waals surface area contributed by atoms with Gasteiger partial charge >= 0.3 is 5.97 Å². The first kappa shape index (κ1) is 23.1. The monoisotopic (exact) mass is 538 g/mol. The van der Waals surface area contributed by atoms with E-state index in [1.165, 1.54) is 9.13 Å². The third-order valence-corrected chi connectivity index (χ3v) is 6.59. The van der Waals surface area contributed by atoms with Crippen LogP contribution in [-0.4, -0.2) is 34.8 Å². The molecule has 1 heterocycles. The number of ether oxygens (including phenoxy) is 2. The largest absolute Gasteiger partial charge is 0.462 e. The van der Waals surface area contributed by atoms with Gasteiger partial charge in [0.1, 0.15) is 0 Å². The van der Waals surface area contributed by atoms with Gasteiger partial charge in [0.25, 0.3) is 0 Å². The Morgan fingerprint density at radius 2 is 2.03 bits per heavy atom. The number of carbonyl (C=O) groups is 1. The lowest BCUT2D eigenvalue weighted by molar-refractivity contribution is 0.0526. The fraction of sp³-hybridized carbons (Fsp3) is 0.391. The molecule has 0 spiro atoms.